The molecule has 2 heterocycles. The van der Waals surface area contributed by atoms with Gasteiger partial charge in [-0.05, 0) is 43.5 Å². The zero-order valence-corrected chi connectivity index (χ0v) is 19.7. The Kier molecular flexibility index (Phi) is 8.33. The number of amides is 3. The van der Waals surface area contributed by atoms with E-state index in [4.69, 9.17) is 9.47 Å². The fourth-order valence-corrected chi connectivity index (χ4v) is 4.67. The molecule has 2 aliphatic heterocycles. The summed E-state index contributed by atoms with van der Waals surface area (Å²) in [6.45, 7) is 2.26. The number of halogens is 1. The molecule has 0 saturated carbocycles. The van der Waals surface area contributed by atoms with E-state index in [0.29, 0.717) is 18.5 Å². The van der Waals surface area contributed by atoms with Crippen molar-refractivity contribution in [3.63, 3.8) is 0 Å². The maximum absolute atomic E-state index is 13.6. The van der Waals surface area contributed by atoms with Crippen LogP contribution in [0.25, 0.3) is 0 Å². The lowest BCUT2D eigenvalue weighted by molar-refractivity contribution is -0.150. The summed E-state index contributed by atoms with van der Waals surface area (Å²) in [5, 5.41) is 16.0. The van der Waals surface area contributed by atoms with Crippen molar-refractivity contribution in [1.29, 1.82) is 0 Å². The van der Waals surface area contributed by atoms with E-state index in [-0.39, 0.29) is 50.3 Å². The number of aliphatic hydroxyl groups excluding tert-OH is 1. The Morgan fingerprint density at radius 3 is 2.71 bits per heavy atom. The molecule has 3 N–H and O–H groups in total. The van der Waals surface area contributed by atoms with Crippen LogP contribution in [0.3, 0.4) is 0 Å². The summed E-state index contributed by atoms with van der Waals surface area (Å²) < 4.78 is 25.4. The van der Waals surface area contributed by atoms with Crippen LogP contribution in [0.2, 0.25) is 0 Å². The highest BCUT2D eigenvalue weighted by Crippen LogP contribution is 2.28. The zero-order valence-electron chi connectivity index (χ0n) is 19.7. The topological polar surface area (TPSA) is 100 Å². The number of hydrogen-bond acceptors (Lipinski definition) is 5. The lowest BCUT2D eigenvalue weighted by Crippen LogP contribution is -2.58. The van der Waals surface area contributed by atoms with Crippen molar-refractivity contribution in [2.24, 2.45) is 0 Å². The normalized spacial score (nSPS) is 25.5. The minimum absolute atomic E-state index is 0.0609. The molecule has 0 bridgehead atoms. The van der Waals surface area contributed by atoms with Crippen LogP contribution in [0.5, 0.6) is 0 Å². The third kappa shape index (κ3) is 6.78. The van der Waals surface area contributed by atoms with Gasteiger partial charge in [0.15, 0.2) is 0 Å². The van der Waals surface area contributed by atoms with E-state index in [0.717, 1.165) is 5.56 Å². The summed E-state index contributed by atoms with van der Waals surface area (Å²) >= 11 is 0. The minimum atomic E-state index is -0.850. The number of anilines is 1. The molecule has 35 heavy (non-hydrogen) atoms. The van der Waals surface area contributed by atoms with Crippen LogP contribution in [0.15, 0.2) is 54.6 Å². The Morgan fingerprint density at radius 2 is 1.94 bits per heavy atom. The Labute approximate surface area is 204 Å². The highest BCUT2D eigenvalue weighted by molar-refractivity contribution is 5.89. The highest BCUT2D eigenvalue weighted by atomic mass is 19.1. The monoisotopic (exact) mass is 485 g/mol. The SMILES string of the molecule is C[C@@H](NC(=O)C[C@H]1CC[C@@H]2[C@H](COC[C@@H](O)CN2C(=O)Nc2cccc(F)c2)O1)c1ccccc1. The second-order valence-electron chi connectivity index (χ2n) is 9.13. The zero-order chi connectivity index (χ0) is 24.8. The molecule has 0 aliphatic carbocycles. The molecule has 2 aliphatic rings. The minimum Gasteiger partial charge on any atom is -0.389 e. The van der Waals surface area contributed by atoms with Crippen molar-refractivity contribution >= 4 is 17.6 Å². The number of carbonyl (C=O) groups is 2. The third-order valence-corrected chi connectivity index (χ3v) is 6.41. The molecule has 5 atom stereocenters. The van der Waals surface area contributed by atoms with Crippen molar-refractivity contribution in [2.45, 2.75) is 56.6 Å². The molecular weight excluding hydrogens is 453 g/mol. The van der Waals surface area contributed by atoms with Crippen molar-refractivity contribution in [3.05, 3.63) is 66.0 Å². The molecular formula is C26H32FN3O5. The summed E-state index contributed by atoms with van der Waals surface area (Å²) in [7, 11) is 0. The molecule has 2 aromatic rings. The van der Waals surface area contributed by atoms with E-state index < -0.39 is 24.1 Å². The van der Waals surface area contributed by atoms with Crippen molar-refractivity contribution < 1.29 is 28.6 Å². The van der Waals surface area contributed by atoms with Gasteiger partial charge in [0.25, 0.3) is 0 Å². The van der Waals surface area contributed by atoms with Gasteiger partial charge in [-0.1, -0.05) is 36.4 Å². The fourth-order valence-electron chi connectivity index (χ4n) is 4.67. The molecule has 4 rings (SSSR count). The summed E-state index contributed by atoms with van der Waals surface area (Å²) in [5.41, 5.74) is 1.36. The number of carbonyl (C=O) groups excluding carboxylic acids is 2. The molecule has 2 fully saturated rings. The van der Waals surface area contributed by atoms with Gasteiger partial charge in [-0.2, -0.15) is 0 Å². The lowest BCUT2D eigenvalue weighted by Gasteiger charge is -2.44. The molecule has 3 amide bonds. The van der Waals surface area contributed by atoms with Crippen LogP contribution in [0.1, 0.15) is 37.8 Å². The molecule has 0 spiro atoms. The van der Waals surface area contributed by atoms with Gasteiger partial charge in [0.1, 0.15) is 11.9 Å². The Balaban J connectivity index is 1.38. The van der Waals surface area contributed by atoms with Gasteiger partial charge in [0.05, 0.1) is 50.5 Å². The van der Waals surface area contributed by atoms with Gasteiger partial charge in [-0.25, -0.2) is 9.18 Å². The first kappa shape index (κ1) is 25.1. The van der Waals surface area contributed by atoms with Crippen LogP contribution < -0.4 is 10.6 Å². The molecule has 0 aromatic heterocycles. The number of benzene rings is 2. The molecule has 188 valence electrons. The van der Waals surface area contributed by atoms with Crippen molar-refractivity contribution in [2.75, 3.05) is 25.1 Å². The van der Waals surface area contributed by atoms with E-state index in [9.17, 15) is 19.1 Å². The Morgan fingerprint density at radius 1 is 1.14 bits per heavy atom. The van der Waals surface area contributed by atoms with Gasteiger partial charge in [0, 0.05) is 5.69 Å². The summed E-state index contributed by atoms with van der Waals surface area (Å²) in [6.07, 6.45) is -0.229. The second-order valence-corrected chi connectivity index (χ2v) is 9.13. The van der Waals surface area contributed by atoms with Crippen LogP contribution in [0, 0.1) is 5.82 Å². The van der Waals surface area contributed by atoms with E-state index in [2.05, 4.69) is 10.6 Å². The second kappa shape index (κ2) is 11.6. The van der Waals surface area contributed by atoms with Crippen molar-refractivity contribution in [3.8, 4) is 0 Å². The van der Waals surface area contributed by atoms with Gasteiger partial charge < -0.3 is 30.1 Å². The van der Waals surface area contributed by atoms with E-state index >= 15 is 0 Å². The number of urea groups is 1. The van der Waals surface area contributed by atoms with E-state index in [1.165, 1.54) is 23.1 Å². The van der Waals surface area contributed by atoms with Crippen LogP contribution in [-0.4, -0.2) is 66.1 Å². The number of ether oxygens (including phenoxy) is 2. The van der Waals surface area contributed by atoms with Crippen LogP contribution >= 0.6 is 0 Å². The van der Waals surface area contributed by atoms with Gasteiger partial charge >= 0.3 is 6.03 Å². The predicted octanol–water partition coefficient (Wildman–Crippen LogP) is 3.23. The summed E-state index contributed by atoms with van der Waals surface area (Å²) in [6, 6.07) is 14.5. The molecule has 8 nitrogen and oxygen atoms in total. The summed E-state index contributed by atoms with van der Waals surface area (Å²) in [4.78, 5) is 27.3. The number of nitrogens with zero attached hydrogens (tertiary/aromatic N) is 1. The van der Waals surface area contributed by atoms with Gasteiger partial charge in [-0.3, -0.25) is 4.79 Å². The average Bonchev–Trinajstić information content (AvgIpc) is 2.82. The fraction of sp³-hybridized carbons (Fsp3) is 0.462. The van der Waals surface area contributed by atoms with Gasteiger partial charge in [0.2, 0.25) is 5.91 Å². The number of hydrogen-bond donors (Lipinski definition) is 3. The molecule has 9 heteroatoms. The number of β-amino-alcohol motifs (C(OH)–C–C–N with tert-alkyl or cyclic N) is 1. The number of rotatable bonds is 5. The predicted molar refractivity (Wildman–Crippen MR) is 128 cm³/mol. The quantitative estimate of drug-likeness (QED) is 0.604. The average molecular weight is 486 g/mol. The highest BCUT2D eigenvalue weighted by Gasteiger charge is 2.40. The number of fused-ring (bicyclic) bond motifs is 1. The molecule has 2 aromatic carbocycles. The standard InChI is InChI=1S/C26H32FN3O5/c1-17(18-6-3-2-4-7-18)28-25(32)13-22-10-11-23-24(35-22)16-34-15-21(31)14-30(23)26(33)29-20-9-5-8-19(27)12-20/h2-9,12,17,21-24,31H,10-11,13-16H2,1H3,(H,28,32)(H,29,33)/t17-,21+,22-,23-,24+/m1/s1. The Hall–Kier alpha value is -3.01. The number of nitrogens with one attached hydrogen (secondary N) is 2. The van der Waals surface area contributed by atoms with Crippen molar-refractivity contribution in [1.82, 2.24) is 10.2 Å². The van der Waals surface area contributed by atoms with E-state index in [1.807, 2.05) is 37.3 Å². The first-order chi connectivity index (χ1) is 16.9. The first-order valence-corrected chi connectivity index (χ1v) is 12.0. The maximum Gasteiger partial charge on any atom is 0.322 e. The molecule has 0 radical (unpaired) electrons. The smallest absolute Gasteiger partial charge is 0.322 e. The maximum atomic E-state index is 13.6. The molecule has 0 unspecified atom stereocenters. The Bertz CT molecular complexity index is 1010. The summed E-state index contributed by atoms with van der Waals surface area (Å²) in [5.74, 6) is -0.557. The number of aliphatic hydroxyl groups is 1. The third-order valence-electron chi connectivity index (χ3n) is 6.41. The van der Waals surface area contributed by atoms with Gasteiger partial charge in [-0.15, -0.1) is 0 Å². The first-order valence-electron chi connectivity index (χ1n) is 12.0. The van der Waals surface area contributed by atoms with Crippen LogP contribution in [0.4, 0.5) is 14.9 Å². The molecule has 2 saturated heterocycles. The lowest BCUT2D eigenvalue weighted by atomic mass is 9.94. The van der Waals surface area contributed by atoms with E-state index in [1.54, 1.807) is 6.07 Å². The largest absolute Gasteiger partial charge is 0.389 e. The van der Waals surface area contributed by atoms with Crippen LogP contribution in [-0.2, 0) is 14.3 Å².